The maximum atomic E-state index is 12.7. The Balaban J connectivity index is 1.47. The third-order valence-corrected chi connectivity index (χ3v) is 4.45. The average molecular weight is 256 g/mol. The van der Waals surface area contributed by atoms with Crippen LogP contribution in [0.5, 0.6) is 0 Å². The second-order valence-corrected chi connectivity index (χ2v) is 6.47. The van der Waals surface area contributed by atoms with Gasteiger partial charge in [0.25, 0.3) is 0 Å². The molecule has 0 amide bonds. The summed E-state index contributed by atoms with van der Waals surface area (Å²) in [5, 5.41) is 0. The van der Waals surface area contributed by atoms with E-state index in [1.165, 1.54) is 45.3 Å². The molecule has 3 heteroatoms. The Labute approximate surface area is 112 Å². The van der Waals surface area contributed by atoms with E-state index in [0.29, 0.717) is 13.1 Å². The largest absolute Gasteiger partial charge is 0.303 e. The lowest BCUT2D eigenvalue weighted by molar-refractivity contribution is 0.0529. The molecule has 2 aliphatic rings. The molecule has 0 aliphatic carbocycles. The van der Waals surface area contributed by atoms with Crippen LogP contribution in [0.25, 0.3) is 0 Å². The van der Waals surface area contributed by atoms with Crippen molar-refractivity contribution in [1.82, 2.24) is 9.80 Å². The van der Waals surface area contributed by atoms with Crippen LogP contribution in [0.1, 0.15) is 39.5 Å². The fourth-order valence-corrected chi connectivity index (χ4v) is 3.17. The third kappa shape index (κ3) is 4.20. The zero-order chi connectivity index (χ0) is 13.0. The van der Waals surface area contributed by atoms with Crippen molar-refractivity contribution in [2.45, 2.75) is 45.7 Å². The number of likely N-dealkylation sites (tertiary alicyclic amines) is 2. The minimum Gasteiger partial charge on any atom is -0.303 e. The first kappa shape index (κ1) is 14.3. The van der Waals surface area contributed by atoms with Gasteiger partial charge in [-0.3, -0.25) is 4.90 Å². The van der Waals surface area contributed by atoms with Gasteiger partial charge in [0.15, 0.2) is 0 Å². The van der Waals surface area contributed by atoms with E-state index in [2.05, 4.69) is 23.6 Å². The number of nitrogens with zero attached hydrogens (tertiary/aromatic N) is 2. The number of hydrogen-bond acceptors (Lipinski definition) is 2. The highest BCUT2D eigenvalue weighted by molar-refractivity contribution is 4.82. The standard InChI is InChI=1S/C15H29FN2/c1-3-4-6-17-9-14(10-17)8-13(2)5-7-18-11-15(16)12-18/h13-15H,3-12H2,1-2H3. The zero-order valence-electron chi connectivity index (χ0n) is 12.1. The molecule has 0 N–H and O–H groups in total. The fraction of sp³-hybridized carbons (Fsp3) is 1.00. The number of alkyl halides is 1. The highest BCUT2D eigenvalue weighted by atomic mass is 19.1. The first-order valence-electron chi connectivity index (χ1n) is 7.76. The van der Waals surface area contributed by atoms with E-state index in [-0.39, 0.29) is 0 Å². The summed E-state index contributed by atoms with van der Waals surface area (Å²) in [6, 6.07) is 0. The summed E-state index contributed by atoms with van der Waals surface area (Å²) in [4.78, 5) is 4.83. The van der Waals surface area contributed by atoms with Crippen molar-refractivity contribution in [2.75, 3.05) is 39.3 Å². The van der Waals surface area contributed by atoms with Crippen molar-refractivity contribution < 1.29 is 4.39 Å². The normalized spacial score (nSPS) is 24.8. The Morgan fingerprint density at radius 1 is 1.11 bits per heavy atom. The molecule has 18 heavy (non-hydrogen) atoms. The van der Waals surface area contributed by atoms with Gasteiger partial charge in [-0.2, -0.15) is 0 Å². The van der Waals surface area contributed by atoms with Crippen LogP contribution in [-0.4, -0.2) is 55.2 Å². The van der Waals surface area contributed by atoms with Crippen molar-refractivity contribution >= 4 is 0 Å². The average Bonchev–Trinajstić information content (AvgIpc) is 2.25. The predicted molar refractivity (Wildman–Crippen MR) is 74.6 cm³/mol. The van der Waals surface area contributed by atoms with E-state index < -0.39 is 6.17 Å². The van der Waals surface area contributed by atoms with Gasteiger partial charge in [0.05, 0.1) is 0 Å². The number of halogens is 1. The van der Waals surface area contributed by atoms with Gasteiger partial charge in [-0.25, -0.2) is 4.39 Å². The first-order valence-corrected chi connectivity index (χ1v) is 7.76. The topological polar surface area (TPSA) is 6.48 Å². The molecule has 0 bridgehead atoms. The molecule has 2 nitrogen and oxygen atoms in total. The number of hydrogen-bond donors (Lipinski definition) is 0. The molecule has 1 atom stereocenters. The second kappa shape index (κ2) is 6.85. The van der Waals surface area contributed by atoms with Crippen LogP contribution < -0.4 is 0 Å². The van der Waals surface area contributed by atoms with E-state index in [9.17, 15) is 4.39 Å². The van der Waals surface area contributed by atoms with Gasteiger partial charge in [-0.1, -0.05) is 20.3 Å². The minimum absolute atomic E-state index is 0.543. The van der Waals surface area contributed by atoms with Crippen molar-refractivity contribution in [2.24, 2.45) is 11.8 Å². The molecule has 0 aromatic carbocycles. The molecule has 2 heterocycles. The quantitative estimate of drug-likeness (QED) is 0.659. The van der Waals surface area contributed by atoms with Gasteiger partial charge in [-0.15, -0.1) is 0 Å². The van der Waals surface area contributed by atoms with E-state index in [0.717, 1.165) is 18.4 Å². The third-order valence-electron chi connectivity index (χ3n) is 4.45. The van der Waals surface area contributed by atoms with Crippen LogP contribution >= 0.6 is 0 Å². The van der Waals surface area contributed by atoms with Crippen LogP contribution in [0, 0.1) is 11.8 Å². The van der Waals surface area contributed by atoms with E-state index in [1.54, 1.807) is 0 Å². The van der Waals surface area contributed by atoms with Crippen molar-refractivity contribution in [3.05, 3.63) is 0 Å². The van der Waals surface area contributed by atoms with Crippen LogP contribution in [0.15, 0.2) is 0 Å². The van der Waals surface area contributed by atoms with Gasteiger partial charge in [-0.05, 0) is 44.2 Å². The van der Waals surface area contributed by atoms with Gasteiger partial charge < -0.3 is 4.90 Å². The number of unbranched alkanes of at least 4 members (excludes halogenated alkanes) is 1. The Kier molecular flexibility index (Phi) is 5.43. The highest BCUT2D eigenvalue weighted by Crippen LogP contribution is 2.25. The molecule has 106 valence electrons. The molecule has 2 saturated heterocycles. The van der Waals surface area contributed by atoms with Gasteiger partial charge >= 0.3 is 0 Å². The Morgan fingerprint density at radius 2 is 1.78 bits per heavy atom. The van der Waals surface area contributed by atoms with Crippen molar-refractivity contribution in [3.63, 3.8) is 0 Å². The van der Waals surface area contributed by atoms with E-state index >= 15 is 0 Å². The van der Waals surface area contributed by atoms with E-state index in [1.807, 2.05) is 0 Å². The predicted octanol–water partition coefficient (Wildman–Crippen LogP) is 2.79. The Morgan fingerprint density at radius 3 is 2.39 bits per heavy atom. The maximum absolute atomic E-state index is 12.7. The summed E-state index contributed by atoms with van der Waals surface area (Å²) in [7, 11) is 0. The molecular weight excluding hydrogens is 227 g/mol. The second-order valence-electron chi connectivity index (χ2n) is 6.47. The summed E-state index contributed by atoms with van der Waals surface area (Å²) in [5.74, 6) is 1.74. The Bertz CT molecular complexity index is 235. The molecule has 2 rings (SSSR count). The molecule has 2 fully saturated rings. The van der Waals surface area contributed by atoms with Crippen LogP contribution in [0.3, 0.4) is 0 Å². The molecule has 1 unspecified atom stereocenters. The zero-order valence-corrected chi connectivity index (χ0v) is 12.1. The van der Waals surface area contributed by atoms with Gasteiger partial charge in [0.2, 0.25) is 0 Å². The molecule has 2 aliphatic heterocycles. The smallest absolute Gasteiger partial charge is 0.125 e. The lowest BCUT2D eigenvalue weighted by atomic mass is 9.87. The molecule has 0 saturated carbocycles. The SMILES string of the molecule is CCCCN1CC(CC(C)CCN2CC(F)C2)C1. The van der Waals surface area contributed by atoms with Crippen LogP contribution in [-0.2, 0) is 0 Å². The monoisotopic (exact) mass is 256 g/mol. The summed E-state index contributed by atoms with van der Waals surface area (Å²) in [6.45, 7) is 11.0. The maximum Gasteiger partial charge on any atom is 0.125 e. The van der Waals surface area contributed by atoms with Crippen molar-refractivity contribution in [3.8, 4) is 0 Å². The van der Waals surface area contributed by atoms with Gasteiger partial charge in [0, 0.05) is 26.2 Å². The Hall–Kier alpha value is -0.150. The molecule has 0 aromatic rings. The lowest BCUT2D eigenvalue weighted by Crippen LogP contribution is -2.49. The molecule has 0 aromatic heterocycles. The lowest BCUT2D eigenvalue weighted by Gasteiger charge is -2.41. The minimum atomic E-state index is -0.543. The van der Waals surface area contributed by atoms with Gasteiger partial charge in [0.1, 0.15) is 6.17 Å². The number of rotatable bonds is 8. The fourth-order valence-electron chi connectivity index (χ4n) is 3.17. The molecular formula is C15H29FN2. The highest BCUT2D eigenvalue weighted by Gasteiger charge is 2.29. The summed E-state index contributed by atoms with van der Waals surface area (Å²) in [5.41, 5.74) is 0. The molecule has 0 spiro atoms. The first-order chi connectivity index (χ1) is 8.67. The summed E-state index contributed by atoms with van der Waals surface area (Å²) >= 11 is 0. The molecule has 0 radical (unpaired) electrons. The summed E-state index contributed by atoms with van der Waals surface area (Å²) < 4.78 is 12.7. The van der Waals surface area contributed by atoms with E-state index in [4.69, 9.17) is 0 Å². The van der Waals surface area contributed by atoms with Crippen molar-refractivity contribution in [1.29, 1.82) is 0 Å². The van der Waals surface area contributed by atoms with Crippen LogP contribution in [0.4, 0.5) is 4.39 Å². The van der Waals surface area contributed by atoms with Crippen LogP contribution in [0.2, 0.25) is 0 Å². The summed E-state index contributed by atoms with van der Waals surface area (Å²) in [6.07, 6.45) is 4.73.